The monoisotopic (exact) mass is 438 g/mol. The second kappa shape index (κ2) is 7.46. The highest BCUT2D eigenvalue weighted by Crippen LogP contribution is 2.28. The molecule has 1 aromatic heterocycles. The maximum absolute atomic E-state index is 5.53. The Morgan fingerprint density at radius 2 is 1.89 bits per heavy atom. The van der Waals surface area contributed by atoms with Crippen molar-refractivity contribution >= 4 is 45.1 Å². The molecule has 1 heterocycles. The van der Waals surface area contributed by atoms with Gasteiger partial charge in [0.1, 0.15) is 5.75 Å². The third kappa shape index (κ3) is 3.31. The van der Waals surface area contributed by atoms with Gasteiger partial charge < -0.3 is 4.74 Å². The molecule has 0 radical (unpaired) electrons. The molecule has 134 valence electrons. The number of benzene rings is 3. The molecule has 0 aliphatic carbocycles. The zero-order valence-electron chi connectivity index (χ0n) is 14.4. The van der Waals surface area contributed by atoms with Crippen molar-refractivity contribution in [3.05, 3.63) is 75.5 Å². The van der Waals surface area contributed by atoms with Crippen molar-refractivity contribution < 1.29 is 4.74 Å². The zero-order valence-corrected chi connectivity index (χ0v) is 16.8. The van der Waals surface area contributed by atoms with E-state index in [2.05, 4.69) is 37.3 Å². The first-order valence-corrected chi connectivity index (χ1v) is 9.41. The second-order valence-corrected chi connectivity index (χ2v) is 7.03. The summed E-state index contributed by atoms with van der Waals surface area (Å²) in [5, 5.41) is 13.9. The molecule has 3 aromatic carbocycles. The molecule has 0 amide bonds. The van der Waals surface area contributed by atoms with Crippen molar-refractivity contribution in [2.45, 2.75) is 0 Å². The molecular formula is C20H15BrN4OS. The van der Waals surface area contributed by atoms with Gasteiger partial charge in [0.25, 0.3) is 0 Å². The molecule has 1 N–H and O–H groups in total. The molecule has 4 rings (SSSR count). The van der Waals surface area contributed by atoms with E-state index in [1.807, 2.05) is 54.6 Å². The van der Waals surface area contributed by atoms with Gasteiger partial charge in [-0.3, -0.25) is 0 Å². The summed E-state index contributed by atoms with van der Waals surface area (Å²) in [7, 11) is 1.65. The van der Waals surface area contributed by atoms with Gasteiger partial charge in [0.15, 0.2) is 5.82 Å². The average Bonchev–Trinajstić information content (AvgIpc) is 3.06. The van der Waals surface area contributed by atoms with Gasteiger partial charge in [-0.2, -0.15) is 14.9 Å². The molecule has 4 aromatic rings. The first-order chi connectivity index (χ1) is 13.2. The number of aromatic amines is 1. The van der Waals surface area contributed by atoms with Crippen molar-refractivity contribution in [2.24, 2.45) is 5.10 Å². The quantitative estimate of drug-likeness (QED) is 0.342. The number of aromatic nitrogens is 3. The highest BCUT2D eigenvalue weighted by molar-refractivity contribution is 9.10. The predicted molar refractivity (Wildman–Crippen MR) is 114 cm³/mol. The van der Waals surface area contributed by atoms with Crippen LogP contribution in [0.15, 0.2) is 70.2 Å². The number of fused-ring (bicyclic) bond motifs is 1. The van der Waals surface area contributed by atoms with Gasteiger partial charge in [-0.05, 0) is 41.2 Å². The highest BCUT2D eigenvalue weighted by atomic mass is 79.9. The normalized spacial score (nSPS) is 11.3. The largest absolute Gasteiger partial charge is 0.496 e. The Morgan fingerprint density at radius 3 is 2.70 bits per heavy atom. The van der Waals surface area contributed by atoms with E-state index in [1.54, 1.807) is 18.0 Å². The Labute approximate surface area is 169 Å². The number of rotatable bonds is 4. The fourth-order valence-corrected chi connectivity index (χ4v) is 3.56. The lowest BCUT2D eigenvalue weighted by atomic mass is 10.0. The van der Waals surface area contributed by atoms with Crippen LogP contribution >= 0.6 is 28.1 Å². The van der Waals surface area contributed by atoms with Gasteiger partial charge in [-0.1, -0.05) is 58.4 Å². The van der Waals surface area contributed by atoms with Crippen LogP contribution in [0, 0.1) is 4.77 Å². The maximum Gasteiger partial charge on any atom is 0.216 e. The van der Waals surface area contributed by atoms with Crippen LogP contribution in [0.4, 0.5) is 0 Å². The average molecular weight is 439 g/mol. The molecule has 0 atom stereocenters. The van der Waals surface area contributed by atoms with E-state index in [4.69, 9.17) is 17.0 Å². The van der Waals surface area contributed by atoms with Crippen molar-refractivity contribution in [1.82, 2.24) is 14.9 Å². The predicted octanol–water partition coefficient (Wildman–Crippen LogP) is 5.41. The minimum absolute atomic E-state index is 0.413. The third-order valence-electron chi connectivity index (χ3n) is 4.22. The number of hydrogen-bond donors (Lipinski definition) is 1. The van der Waals surface area contributed by atoms with E-state index in [9.17, 15) is 0 Å². The molecule has 0 aliphatic rings. The van der Waals surface area contributed by atoms with Gasteiger partial charge in [-0.15, -0.1) is 0 Å². The van der Waals surface area contributed by atoms with Crippen LogP contribution < -0.4 is 4.74 Å². The number of H-pyrrole nitrogens is 1. The van der Waals surface area contributed by atoms with Gasteiger partial charge in [-0.25, -0.2) is 5.10 Å². The van der Waals surface area contributed by atoms with Crippen molar-refractivity contribution in [3.63, 3.8) is 0 Å². The number of hydrogen-bond acceptors (Lipinski definition) is 4. The molecular weight excluding hydrogens is 424 g/mol. The SMILES string of the molecule is COc1ccc2ccccc2c1/C=N/n1c(-c2ccccc2Br)n[nH]c1=S. The van der Waals surface area contributed by atoms with Crippen LogP contribution in [0.5, 0.6) is 5.75 Å². The summed E-state index contributed by atoms with van der Waals surface area (Å²) in [6.45, 7) is 0. The summed E-state index contributed by atoms with van der Waals surface area (Å²) in [5.41, 5.74) is 1.78. The lowest BCUT2D eigenvalue weighted by Crippen LogP contribution is -1.98. The van der Waals surface area contributed by atoms with E-state index in [-0.39, 0.29) is 0 Å². The summed E-state index contributed by atoms with van der Waals surface area (Å²) < 4.78 is 8.47. The summed E-state index contributed by atoms with van der Waals surface area (Å²) in [4.78, 5) is 0. The molecule has 7 heteroatoms. The van der Waals surface area contributed by atoms with Crippen molar-refractivity contribution in [3.8, 4) is 17.1 Å². The van der Waals surface area contributed by atoms with E-state index in [0.29, 0.717) is 10.6 Å². The Bertz CT molecular complexity index is 1210. The number of nitrogens with zero attached hydrogens (tertiary/aromatic N) is 3. The lowest BCUT2D eigenvalue weighted by Gasteiger charge is -2.08. The summed E-state index contributed by atoms with van der Waals surface area (Å²) in [6, 6.07) is 19.9. The third-order valence-corrected chi connectivity index (χ3v) is 5.17. The minimum Gasteiger partial charge on any atom is -0.496 e. The van der Waals surface area contributed by atoms with Crippen molar-refractivity contribution in [2.75, 3.05) is 7.11 Å². The molecule has 0 unspecified atom stereocenters. The fraction of sp³-hybridized carbons (Fsp3) is 0.0500. The maximum atomic E-state index is 5.53. The molecule has 0 bridgehead atoms. The van der Waals surface area contributed by atoms with Gasteiger partial charge in [0.05, 0.1) is 13.3 Å². The minimum atomic E-state index is 0.413. The fourth-order valence-electron chi connectivity index (χ4n) is 2.92. The summed E-state index contributed by atoms with van der Waals surface area (Å²) >= 11 is 8.93. The van der Waals surface area contributed by atoms with Gasteiger partial charge >= 0.3 is 0 Å². The molecule has 0 spiro atoms. The molecule has 27 heavy (non-hydrogen) atoms. The first-order valence-electron chi connectivity index (χ1n) is 8.21. The molecule has 0 aliphatic heterocycles. The van der Waals surface area contributed by atoms with E-state index < -0.39 is 0 Å². The summed E-state index contributed by atoms with van der Waals surface area (Å²) in [5.74, 6) is 1.37. The van der Waals surface area contributed by atoms with Crippen LogP contribution in [0.2, 0.25) is 0 Å². The number of nitrogens with one attached hydrogen (secondary N) is 1. The Hall–Kier alpha value is -2.77. The van der Waals surface area contributed by atoms with Crippen LogP contribution in [0.3, 0.4) is 0 Å². The topological polar surface area (TPSA) is 55.2 Å². The standard InChI is InChI=1S/C20H15BrN4OS/c1-26-18-11-10-13-6-2-3-7-14(13)16(18)12-22-25-19(23-24-20(25)27)15-8-4-5-9-17(15)21/h2-12H,1H3,(H,24,27)/b22-12+. The Balaban J connectivity index is 1.86. The Morgan fingerprint density at radius 1 is 1.11 bits per heavy atom. The smallest absolute Gasteiger partial charge is 0.216 e. The zero-order chi connectivity index (χ0) is 18.8. The molecule has 0 saturated heterocycles. The second-order valence-electron chi connectivity index (χ2n) is 5.79. The van der Waals surface area contributed by atoms with Crippen LogP contribution in [0.25, 0.3) is 22.2 Å². The number of halogens is 1. The van der Waals surface area contributed by atoms with Crippen LogP contribution in [0.1, 0.15) is 5.56 Å². The van der Waals surface area contributed by atoms with Gasteiger partial charge in [0.2, 0.25) is 4.77 Å². The van der Waals surface area contributed by atoms with Gasteiger partial charge in [0, 0.05) is 15.6 Å². The highest BCUT2D eigenvalue weighted by Gasteiger charge is 2.12. The Kier molecular flexibility index (Phi) is 4.87. The van der Waals surface area contributed by atoms with Crippen LogP contribution in [-0.2, 0) is 0 Å². The van der Waals surface area contributed by atoms with Crippen molar-refractivity contribution in [1.29, 1.82) is 0 Å². The van der Waals surface area contributed by atoms with E-state index >= 15 is 0 Å². The summed E-state index contributed by atoms with van der Waals surface area (Å²) in [6.07, 6.45) is 1.76. The van der Waals surface area contributed by atoms with E-state index in [1.165, 1.54) is 0 Å². The number of ether oxygens (including phenoxy) is 1. The molecule has 0 fully saturated rings. The molecule has 5 nitrogen and oxygen atoms in total. The number of methoxy groups -OCH3 is 1. The molecule has 0 saturated carbocycles. The lowest BCUT2D eigenvalue weighted by molar-refractivity contribution is 0.415. The van der Waals surface area contributed by atoms with E-state index in [0.717, 1.165) is 32.1 Å². The van der Waals surface area contributed by atoms with Crippen LogP contribution in [-0.4, -0.2) is 28.2 Å². The first kappa shape index (κ1) is 17.6.